The Balaban J connectivity index is 1.62. The molecular formula is C21H29N5O3S. The number of ether oxygens (including phenoxy) is 1. The molecule has 0 saturated carbocycles. The number of H-pyrrole nitrogens is 1. The van der Waals surface area contributed by atoms with Crippen LogP contribution in [-0.2, 0) is 16.1 Å². The second-order valence-corrected chi connectivity index (χ2v) is 7.84. The van der Waals surface area contributed by atoms with Gasteiger partial charge >= 0.3 is 0 Å². The zero-order valence-corrected chi connectivity index (χ0v) is 18.3. The summed E-state index contributed by atoms with van der Waals surface area (Å²) in [6, 6.07) is 7.54. The van der Waals surface area contributed by atoms with Gasteiger partial charge < -0.3 is 15.0 Å². The molecule has 1 aromatic carbocycles. The third kappa shape index (κ3) is 5.27. The minimum atomic E-state index is -0.125. The van der Waals surface area contributed by atoms with E-state index in [0.717, 1.165) is 30.6 Å². The highest BCUT2D eigenvalue weighted by Crippen LogP contribution is 2.22. The Kier molecular flexibility index (Phi) is 7.62. The van der Waals surface area contributed by atoms with E-state index < -0.39 is 0 Å². The van der Waals surface area contributed by atoms with Crippen LogP contribution >= 0.6 is 12.2 Å². The van der Waals surface area contributed by atoms with Crippen LogP contribution in [-0.4, -0.2) is 58.2 Å². The topological polar surface area (TPSA) is 92.2 Å². The Morgan fingerprint density at radius 1 is 1.33 bits per heavy atom. The van der Waals surface area contributed by atoms with Crippen molar-refractivity contribution in [2.45, 2.75) is 39.2 Å². The van der Waals surface area contributed by atoms with E-state index in [1.807, 2.05) is 35.8 Å². The lowest BCUT2D eigenvalue weighted by Gasteiger charge is -2.32. The van der Waals surface area contributed by atoms with Gasteiger partial charge in [-0.2, -0.15) is 5.10 Å². The third-order valence-electron chi connectivity index (χ3n) is 5.35. The molecule has 1 aliphatic rings. The first-order valence-electron chi connectivity index (χ1n) is 10.4. The van der Waals surface area contributed by atoms with Gasteiger partial charge in [0, 0.05) is 38.2 Å². The lowest BCUT2D eigenvalue weighted by molar-refractivity contribution is -0.135. The molecule has 1 aliphatic heterocycles. The largest absolute Gasteiger partial charge is 0.497 e. The van der Waals surface area contributed by atoms with Crippen LogP contribution in [0.3, 0.4) is 0 Å². The summed E-state index contributed by atoms with van der Waals surface area (Å²) in [4.78, 5) is 26.9. The van der Waals surface area contributed by atoms with Crippen molar-refractivity contribution in [3.8, 4) is 17.1 Å². The van der Waals surface area contributed by atoms with Gasteiger partial charge in [-0.3, -0.25) is 19.3 Å². The molecule has 1 fully saturated rings. The van der Waals surface area contributed by atoms with Gasteiger partial charge in [0.2, 0.25) is 11.8 Å². The molecule has 9 heteroatoms. The smallest absolute Gasteiger partial charge is 0.224 e. The number of aromatic nitrogens is 3. The van der Waals surface area contributed by atoms with Gasteiger partial charge in [0.05, 0.1) is 13.0 Å². The Morgan fingerprint density at radius 2 is 2.10 bits per heavy atom. The Bertz CT molecular complexity index is 921. The summed E-state index contributed by atoms with van der Waals surface area (Å²) in [6.07, 6.45) is 2.88. The molecule has 3 rings (SSSR count). The van der Waals surface area contributed by atoms with E-state index in [9.17, 15) is 9.59 Å². The fourth-order valence-electron chi connectivity index (χ4n) is 3.66. The lowest BCUT2D eigenvalue weighted by Crippen LogP contribution is -2.45. The number of methoxy groups -OCH3 is 1. The zero-order chi connectivity index (χ0) is 21.5. The number of nitrogens with zero attached hydrogens (tertiary/aromatic N) is 3. The summed E-state index contributed by atoms with van der Waals surface area (Å²) in [5.74, 6) is 1.41. The summed E-state index contributed by atoms with van der Waals surface area (Å²) in [7, 11) is 1.62. The average molecular weight is 432 g/mol. The highest BCUT2D eigenvalue weighted by atomic mass is 32.1. The molecule has 8 nitrogen and oxygen atoms in total. The van der Waals surface area contributed by atoms with Crippen molar-refractivity contribution in [1.29, 1.82) is 0 Å². The molecule has 2 heterocycles. The molecule has 0 radical (unpaired) electrons. The first-order valence-corrected chi connectivity index (χ1v) is 10.8. The van der Waals surface area contributed by atoms with E-state index in [1.165, 1.54) is 0 Å². The number of nitrogens with one attached hydrogen (secondary N) is 2. The summed E-state index contributed by atoms with van der Waals surface area (Å²) >= 11 is 5.37. The van der Waals surface area contributed by atoms with Crippen molar-refractivity contribution in [2.24, 2.45) is 5.92 Å². The maximum atomic E-state index is 12.8. The van der Waals surface area contributed by atoms with Crippen LogP contribution in [0.5, 0.6) is 5.75 Å². The van der Waals surface area contributed by atoms with E-state index in [-0.39, 0.29) is 17.7 Å². The van der Waals surface area contributed by atoms with Gasteiger partial charge in [-0.15, -0.1) is 0 Å². The standard InChI is InChI=1S/C21H29N5O3S/c1-3-11-22-20(28)16-5-4-12-25(14-16)18(27)10-13-26-19(23-24-21(26)30)15-6-8-17(29-2)9-7-15/h6-9,16H,3-5,10-14H2,1-2H3,(H,22,28)(H,24,30). The Labute approximate surface area is 181 Å². The first-order chi connectivity index (χ1) is 14.5. The fourth-order valence-corrected chi connectivity index (χ4v) is 3.88. The van der Waals surface area contributed by atoms with Crippen LogP contribution in [0, 0.1) is 10.7 Å². The van der Waals surface area contributed by atoms with E-state index in [0.29, 0.717) is 43.2 Å². The van der Waals surface area contributed by atoms with Gasteiger partial charge in [0.25, 0.3) is 0 Å². The van der Waals surface area contributed by atoms with E-state index >= 15 is 0 Å². The number of rotatable bonds is 8. The van der Waals surface area contributed by atoms with E-state index in [4.69, 9.17) is 17.0 Å². The van der Waals surface area contributed by atoms with Gasteiger partial charge in [0.1, 0.15) is 5.75 Å². The average Bonchev–Trinajstić information content (AvgIpc) is 3.16. The normalized spacial score (nSPS) is 16.3. The van der Waals surface area contributed by atoms with Crippen LogP contribution in [0.25, 0.3) is 11.4 Å². The summed E-state index contributed by atoms with van der Waals surface area (Å²) in [5.41, 5.74) is 0.890. The van der Waals surface area contributed by atoms with Crippen LogP contribution in [0.2, 0.25) is 0 Å². The number of likely N-dealkylation sites (tertiary alicyclic amines) is 1. The number of hydrogen-bond donors (Lipinski definition) is 2. The molecular weight excluding hydrogens is 402 g/mol. The number of carbonyl (C=O) groups excluding carboxylic acids is 2. The van der Waals surface area contributed by atoms with Crippen molar-refractivity contribution in [2.75, 3.05) is 26.7 Å². The molecule has 2 amide bonds. The molecule has 30 heavy (non-hydrogen) atoms. The highest BCUT2D eigenvalue weighted by Gasteiger charge is 2.28. The molecule has 162 valence electrons. The molecule has 0 bridgehead atoms. The van der Waals surface area contributed by atoms with Gasteiger partial charge in [-0.05, 0) is 55.7 Å². The van der Waals surface area contributed by atoms with E-state index in [2.05, 4.69) is 15.5 Å². The van der Waals surface area contributed by atoms with Gasteiger partial charge in [0.15, 0.2) is 10.6 Å². The molecule has 1 saturated heterocycles. The number of hydrogen-bond acceptors (Lipinski definition) is 5. The lowest BCUT2D eigenvalue weighted by atomic mass is 9.97. The number of benzene rings is 1. The minimum Gasteiger partial charge on any atom is -0.497 e. The second-order valence-electron chi connectivity index (χ2n) is 7.45. The van der Waals surface area contributed by atoms with Crippen molar-refractivity contribution < 1.29 is 14.3 Å². The van der Waals surface area contributed by atoms with Crippen molar-refractivity contribution in [3.63, 3.8) is 0 Å². The number of amides is 2. The van der Waals surface area contributed by atoms with Crippen LogP contribution in [0.1, 0.15) is 32.6 Å². The maximum Gasteiger partial charge on any atom is 0.224 e. The maximum absolute atomic E-state index is 12.8. The monoisotopic (exact) mass is 431 g/mol. The van der Waals surface area contributed by atoms with Gasteiger partial charge in [-0.25, -0.2) is 0 Å². The Hall–Kier alpha value is -2.68. The molecule has 1 atom stereocenters. The molecule has 2 N–H and O–H groups in total. The van der Waals surface area contributed by atoms with Crippen LogP contribution in [0.4, 0.5) is 0 Å². The predicted octanol–water partition coefficient (Wildman–Crippen LogP) is 2.77. The molecule has 0 spiro atoms. The zero-order valence-electron chi connectivity index (χ0n) is 17.5. The second kappa shape index (κ2) is 10.4. The summed E-state index contributed by atoms with van der Waals surface area (Å²) in [5, 5.41) is 10.1. The fraction of sp³-hybridized carbons (Fsp3) is 0.524. The quantitative estimate of drug-likeness (QED) is 0.627. The van der Waals surface area contributed by atoms with E-state index in [1.54, 1.807) is 12.0 Å². The van der Waals surface area contributed by atoms with Crippen molar-refractivity contribution >= 4 is 24.0 Å². The summed E-state index contributed by atoms with van der Waals surface area (Å²) in [6.45, 7) is 4.31. The Morgan fingerprint density at radius 3 is 2.80 bits per heavy atom. The SMILES string of the molecule is CCCNC(=O)C1CCCN(C(=O)CCn2c(-c3ccc(OC)cc3)n[nH]c2=S)C1. The first kappa shape index (κ1) is 22.0. The highest BCUT2D eigenvalue weighted by molar-refractivity contribution is 7.71. The molecule has 2 aromatic rings. The van der Waals surface area contributed by atoms with Crippen molar-refractivity contribution in [3.05, 3.63) is 29.0 Å². The number of piperidine rings is 1. The van der Waals surface area contributed by atoms with Crippen LogP contribution < -0.4 is 10.1 Å². The third-order valence-corrected chi connectivity index (χ3v) is 5.66. The summed E-state index contributed by atoms with van der Waals surface area (Å²) < 4.78 is 7.51. The molecule has 1 unspecified atom stereocenters. The minimum absolute atomic E-state index is 0.0340. The number of aromatic amines is 1. The molecule has 1 aromatic heterocycles. The predicted molar refractivity (Wildman–Crippen MR) is 117 cm³/mol. The van der Waals surface area contributed by atoms with Gasteiger partial charge in [-0.1, -0.05) is 6.92 Å². The van der Waals surface area contributed by atoms with Crippen LogP contribution in [0.15, 0.2) is 24.3 Å². The van der Waals surface area contributed by atoms with Crippen molar-refractivity contribution in [1.82, 2.24) is 25.0 Å². The molecule has 0 aliphatic carbocycles. The number of carbonyl (C=O) groups is 2.